The summed E-state index contributed by atoms with van der Waals surface area (Å²) >= 11 is 6.42. The van der Waals surface area contributed by atoms with Crippen molar-refractivity contribution in [1.29, 1.82) is 0 Å². The largest absolute Gasteiger partial charge is 0.490 e. The predicted octanol–water partition coefficient (Wildman–Crippen LogP) is 6.15. The van der Waals surface area contributed by atoms with Gasteiger partial charge in [0, 0.05) is 17.7 Å². The number of rotatable bonds is 14. The summed E-state index contributed by atoms with van der Waals surface area (Å²) in [4.78, 5) is 22.4. The van der Waals surface area contributed by atoms with Crippen LogP contribution >= 0.6 is 11.6 Å². The molecule has 0 saturated carbocycles. The Morgan fingerprint density at radius 2 is 1.79 bits per heavy atom. The Labute approximate surface area is 199 Å². The summed E-state index contributed by atoms with van der Waals surface area (Å²) < 4.78 is 11.6. The van der Waals surface area contributed by atoms with Gasteiger partial charge in [0.05, 0.1) is 29.4 Å². The number of hydrogen-bond acceptors (Lipinski definition) is 6. The van der Waals surface area contributed by atoms with Gasteiger partial charge in [-0.25, -0.2) is 5.43 Å². The maximum Gasteiger partial charge on any atom is 0.271 e. The zero-order valence-electron chi connectivity index (χ0n) is 19.0. The molecule has 0 heterocycles. The lowest BCUT2D eigenvalue weighted by molar-refractivity contribution is -0.384. The van der Waals surface area contributed by atoms with Crippen LogP contribution in [0.1, 0.15) is 68.3 Å². The van der Waals surface area contributed by atoms with Crippen molar-refractivity contribution in [1.82, 2.24) is 5.43 Å². The van der Waals surface area contributed by atoms with Crippen molar-refractivity contribution < 1.29 is 19.2 Å². The molecule has 0 fully saturated rings. The monoisotopic (exact) mass is 475 g/mol. The molecular formula is C24H30ClN3O5. The molecule has 0 atom stereocenters. The average Bonchev–Trinajstić information content (AvgIpc) is 2.80. The van der Waals surface area contributed by atoms with Crippen molar-refractivity contribution >= 4 is 29.4 Å². The van der Waals surface area contributed by atoms with E-state index in [1.807, 2.05) is 6.92 Å². The van der Waals surface area contributed by atoms with Crippen LogP contribution in [-0.4, -0.2) is 30.3 Å². The molecule has 0 radical (unpaired) electrons. The first-order valence-corrected chi connectivity index (χ1v) is 11.5. The third-order valence-electron chi connectivity index (χ3n) is 4.80. The first-order chi connectivity index (χ1) is 16.0. The number of nitro benzene ring substituents is 1. The molecule has 0 aromatic heterocycles. The molecule has 2 rings (SSSR count). The van der Waals surface area contributed by atoms with Gasteiger partial charge in [-0.1, -0.05) is 50.6 Å². The molecule has 2 aromatic carbocycles. The predicted molar refractivity (Wildman–Crippen MR) is 130 cm³/mol. The number of ether oxygens (including phenoxy) is 2. The molecule has 0 unspecified atom stereocenters. The van der Waals surface area contributed by atoms with Gasteiger partial charge in [0.1, 0.15) is 0 Å². The minimum Gasteiger partial charge on any atom is -0.490 e. The highest BCUT2D eigenvalue weighted by Crippen LogP contribution is 2.36. The number of unbranched alkanes of at least 4 members (excludes halogenated alkanes) is 5. The van der Waals surface area contributed by atoms with Gasteiger partial charge in [-0.05, 0) is 43.2 Å². The number of nitrogens with one attached hydrogen (secondary N) is 1. The highest BCUT2D eigenvalue weighted by atomic mass is 35.5. The van der Waals surface area contributed by atoms with Gasteiger partial charge < -0.3 is 9.47 Å². The second-order valence-corrected chi connectivity index (χ2v) is 7.79. The second-order valence-electron chi connectivity index (χ2n) is 7.38. The molecule has 0 aliphatic heterocycles. The van der Waals surface area contributed by atoms with Crippen molar-refractivity contribution in [3.8, 4) is 11.5 Å². The van der Waals surface area contributed by atoms with E-state index in [0.29, 0.717) is 35.3 Å². The Morgan fingerprint density at radius 1 is 1.09 bits per heavy atom. The number of hydrogen-bond donors (Lipinski definition) is 1. The fourth-order valence-corrected chi connectivity index (χ4v) is 3.36. The fourth-order valence-electron chi connectivity index (χ4n) is 3.09. The lowest BCUT2D eigenvalue weighted by atomic mass is 10.1. The molecule has 0 spiro atoms. The highest BCUT2D eigenvalue weighted by Gasteiger charge is 2.13. The van der Waals surface area contributed by atoms with Gasteiger partial charge >= 0.3 is 0 Å². The first kappa shape index (κ1) is 26.1. The van der Waals surface area contributed by atoms with E-state index < -0.39 is 10.8 Å². The van der Waals surface area contributed by atoms with Gasteiger partial charge in [0.25, 0.3) is 11.6 Å². The fraction of sp³-hybridized carbons (Fsp3) is 0.417. The molecule has 9 heteroatoms. The Bertz CT molecular complexity index is 948. The van der Waals surface area contributed by atoms with Crippen molar-refractivity contribution in [2.75, 3.05) is 13.2 Å². The third-order valence-corrected chi connectivity index (χ3v) is 5.08. The number of halogens is 1. The molecule has 178 valence electrons. The normalized spacial score (nSPS) is 10.9. The van der Waals surface area contributed by atoms with Gasteiger partial charge in [-0.3, -0.25) is 14.9 Å². The Kier molecular flexibility index (Phi) is 11.2. The van der Waals surface area contributed by atoms with Crippen LogP contribution < -0.4 is 14.9 Å². The molecule has 8 nitrogen and oxygen atoms in total. The molecule has 0 saturated heterocycles. The molecule has 2 aromatic rings. The van der Waals surface area contributed by atoms with Crippen molar-refractivity contribution in [3.05, 3.63) is 62.7 Å². The van der Waals surface area contributed by atoms with Crippen LogP contribution in [-0.2, 0) is 0 Å². The van der Waals surface area contributed by atoms with Gasteiger partial charge in [-0.15, -0.1) is 0 Å². The summed E-state index contributed by atoms with van der Waals surface area (Å²) in [6.45, 7) is 5.07. The van der Waals surface area contributed by atoms with Gasteiger partial charge in [-0.2, -0.15) is 5.10 Å². The van der Waals surface area contributed by atoms with Crippen LogP contribution in [0, 0.1) is 10.1 Å². The maximum atomic E-state index is 12.2. The summed E-state index contributed by atoms with van der Waals surface area (Å²) in [7, 11) is 0. The summed E-state index contributed by atoms with van der Waals surface area (Å²) in [6.07, 6.45) is 8.43. The van der Waals surface area contributed by atoms with E-state index in [9.17, 15) is 14.9 Å². The van der Waals surface area contributed by atoms with E-state index in [2.05, 4.69) is 17.5 Å². The number of non-ortho nitro benzene ring substituents is 1. The van der Waals surface area contributed by atoms with Crippen LogP contribution in [0.5, 0.6) is 11.5 Å². The number of hydrazone groups is 1. The van der Waals surface area contributed by atoms with Crippen LogP contribution in [0.25, 0.3) is 0 Å². The number of benzene rings is 2. The second kappa shape index (κ2) is 14.1. The number of amides is 1. The molecule has 0 aliphatic rings. The Hall–Kier alpha value is -3.13. The minimum absolute atomic E-state index is 0.0908. The molecule has 0 aliphatic carbocycles. The van der Waals surface area contributed by atoms with Crippen LogP contribution in [0.4, 0.5) is 5.69 Å². The van der Waals surface area contributed by atoms with E-state index in [1.165, 1.54) is 56.2 Å². The molecule has 33 heavy (non-hydrogen) atoms. The SMILES string of the molecule is CCCCCCCCOc1c(Cl)cc(/C=N/NC(=O)c2ccc([N+](=O)[O-])cc2)cc1OCC. The maximum absolute atomic E-state index is 12.2. The molecule has 0 bridgehead atoms. The van der Waals surface area contributed by atoms with E-state index in [4.69, 9.17) is 21.1 Å². The quantitative estimate of drug-likeness (QED) is 0.153. The zero-order chi connectivity index (χ0) is 24.1. The summed E-state index contributed by atoms with van der Waals surface area (Å²) in [5, 5.41) is 15.1. The third kappa shape index (κ3) is 8.73. The smallest absolute Gasteiger partial charge is 0.271 e. The standard InChI is InChI=1S/C24H30ClN3O5/c1-3-5-6-7-8-9-14-33-23-21(25)15-18(16-22(23)32-4-2)17-26-27-24(29)19-10-12-20(13-11-19)28(30)31/h10-13,15-17H,3-9,14H2,1-2H3,(H,27,29)/b26-17+. The van der Waals surface area contributed by atoms with E-state index in [0.717, 1.165) is 12.8 Å². The molecule has 1 amide bonds. The number of nitrogens with zero attached hydrogens (tertiary/aromatic N) is 2. The van der Waals surface area contributed by atoms with E-state index in [-0.39, 0.29) is 11.3 Å². The summed E-state index contributed by atoms with van der Waals surface area (Å²) in [5.74, 6) is 0.523. The average molecular weight is 476 g/mol. The number of nitro groups is 1. The van der Waals surface area contributed by atoms with Crippen molar-refractivity contribution in [2.45, 2.75) is 52.4 Å². The van der Waals surface area contributed by atoms with Crippen LogP contribution in [0.2, 0.25) is 5.02 Å². The minimum atomic E-state index is -0.527. The summed E-state index contributed by atoms with van der Waals surface area (Å²) in [5.41, 5.74) is 3.18. The zero-order valence-corrected chi connectivity index (χ0v) is 19.8. The first-order valence-electron chi connectivity index (χ1n) is 11.1. The summed E-state index contributed by atoms with van der Waals surface area (Å²) in [6, 6.07) is 8.68. The molecular weight excluding hydrogens is 446 g/mol. The Balaban J connectivity index is 1.97. The van der Waals surface area contributed by atoms with Crippen molar-refractivity contribution in [3.63, 3.8) is 0 Å². The lowest BCUT2D eigenvalue weighted by Crippen LogP contribution is -2.17. The van der Waals surface area contributed by atoms with Crippen molar-refractivity contribution in [2.24, 2.45) is 5.10 Å². The van der Waals surface area contributed by atoms with Crippen LogP contribution in [0.3, 0.4) is 0 Å². The molecule has 1 N–H and O–H groups in total. The number of carbonyl (C=O) groups is 1. The van der Waals surface area contributed by atoms with Crippen LogP contribution in [0.15, 0.2) is 41.5 Å². The Morgan fingerprint density at radius 3 is 2.45 bits per heavy atom. The van der Waals surface area contributed by atoms with E-state index >= 15 is 0 Å². The highest BCUT2D eigenvalue weighted by molar-refractivity contribution is 6.32. The van der Waals surface area contributed by atoms with Gasteiger partial charge in [0.2, 0.25) is 0 Å². The topological polar surface area (TPSA) is 103 Å². The van der Waals surface area contributed by atoms with Gasteiger partial charge in [0.15, 0.2) is 11.5 Å². The number of carbonyl (C=O) groups excluding carboxylic acids is 1. The van der Waals surface area contributed by atoms with E-state index in [1.54, 1.807) is 12.1 Å². The lowest BCUT2D eigenvalue weighted by Gasteiger charge is -2.14.